The molecule has 128 valence electrons. The Balaban J connectivity index is 1.75. The average molecular weight is 369 g/mol. The maximum absolute atomic E-state index is 12.6. The topological polar surface area (TPSA) is 42.0 Å². The zero-order chi connectivity index (χ0) is 18.0. The SMILES string of the molecule is Cc1ccc(C(=O)Nc2ccc(Sc3nc(C)cs3)cc2C)c(C)c1. The molecule has 0 aliphatic carbocycles. The van der Waals surface area contributed by atoms with Gasteiger partial charge in [-0.2, -0.15) is 0 Å². The molecular weight excluding hydrogens is 348 g/mol. The standard InChI is InChI=1S/C20H20N2OS2/c1-12-5-7-17(13(2)9-12)19(23)22-18-8-6-16(10-14(18)3)25-20-21-15(4)11-24-20/h5-11H,1-4H3,(H,22,23). The van der Waals surface area contributed by atoms with Crippen LogP contribution in [0.3, 0.4) is 0 Å². The normalized spacial score (nSPS) is 10.7. The van der Waals surface area contributed by atoms with Crippen molar-refractivity contribution in [2.75, 3.05) is 5.32 Å². The molecule has 3 nitrogen and oxygen atoms in total. The van der Waals surface area contributed by atoms with Gasteiger partial charge >= 0.3 is 0 Å². The number of benzene rings is 2. The third-order valence-corrected chi connectivity index (χ3v) is 5.92. The monoisotopic (exact) mass is 368 g/mol. The van der Waals surface area contributed by atoms with E-state index in [0.29, 0.717) is 5.56 Å². The van der Waals surface area contributed by atoms with Crippen LogP contribution in [0.4, 0.5) is 5.69 Å². The van der Waals surface area contributed by atoms with Gasteiger partial charge in [-0.1, -0.05) is 29.5 Å². The van der Waals surface area contributed by atoms with E-state index in [2.05, 4.69) is 16.4 Å². The molecule has 0 saturated heterocycles. The van der Waals surface area contributed by atoms with E-state index in [0.717, 1.165) is 37.3 Å². The van der Waals surface area contributed by atoms with Gasteiger partial charge in [-0.05, 0) is 63.1 Å². The number of aryl methyl sites for hydroxylation is 4. The molecule has 0 fully saturated rings. The summed E-state index contributed by atoms with van der Waals surface area (Å²) in [5, 5.41) is 5.07. The molecule has 2 aromatic carbocycles. The molecule has 5 heteroatoms. The summed E-state index contributed by atoms with van der Waals surface area (Å²) in [6, 6.07) is 11.9. The Labute approximate surface area is 156 Å². The van der Waals surface area contributed by atoms with E-state index in [1.165, 1.54) is 0 Å². The van der Waals surface area contributed by atoms with Crippen LogP contribution >= 0.6 is 23.1 Å². The second kappa shape index (κ2) is 7.42. The molecule has 0 aliphatic rings. The number of carbonyl (C=O) groups is 1. The number of nitrogens with zero attached hydrogens (tertiary/aromatic N) is 1. The smallest absolute Gasteiger partial charge is 0.255 e. The number of aromatic nitrogens is 1. The highest BCUT2D eigenvalue weighted by Crippen LogP contribution is 2.32. The highest BCUT2D eigenvalue weighted by Gasteiger charge is 2.11. The number of thiazole rings is 1. The molecule has 0 atom stereocenters. The van der Waals surface area contributed by atoms with Crippen LogP contribution in [0.1, 0.15) is 32.7 Å². The third-order valence-electron chi connectivity index (χ3n) is 3.88. The first kappa shape index (κ1) is 17.7. The molecule has 25 heavy (non-hydrogen) atoms. The van der Waals surface area contributed by atoms with E-state index >= 15 is 0 Å². The molecule has 0 unspecified atom stereocenters. The van der Waals surface area contributed by atoms with E-state index in [-0.39, 0.29) is 5.91 Å². The van der Waals surface area contributed by atoms with Crippen molar-refractivity contribution in [3.8, 4) is 0 Å². The number of amides is 1. The van der Waals surface area contributed by atoms with Crippen molar-refractivity contribution in [2.45, 2.75) is 36.9 Å². The Morgan fingerprint density at radius 3 is 2.48 bits per heavy atom. The van der Waals surface area contributed by atoms with Crippen LogP contribution in [-0.4, -0.2) is 10.9 Å². The Kier molecular flexibility index (Phi) is 5.25. The summed E-state index contributed by atoms with van der Waals surface area (Å²) in [7, 11) is 0. The fourth-order valence-corrected chi connectivity index (χ4v) is 4.49. The van der Waals surface area contributed by atoms with Crippen LogP contribution in [0, 0.1) is 27.7 Å². The van der Waals surface area contributed by atoms with Gasteiger partial charge in [-0.15, -0.1) is 11.3 Å². The summed E-state index contributed by atoms with van der Waals surface area (Å²) in [5.41, 5.74) is 5.77. The number of hydrogen-bond acceptors (Lipinski definition) is 4. The second-order valence-electron chi connectivity index (χ2n) is 6.11. The average Bonchev–Trinajstić information content (AvgIpc) is 2.95. The summed E-state index contributed by atoms with van der Waals surface area (Å²) >= 11 is 3.29. The van der Waals surface area contributed by atoms with Gasteiger partial charge in [-0.25, -0.2) is 4.98 Å². The zero-order valence-corrected chi connectivity index (χ0v) is 16.3. The van der Waals surface area contributed by atoms with E-state index in [1.54, 1.807) is 23.1 Å². The van der Waals surface area contributed by atoms with Gasteiger partial charge < -0.3 is 5.32 Å². The summed E-state index contributed by atoms with van der Waals surface area (Å²) in [4.78, 5) is 18.1. The number of anilines is 1. The molecule has 0 aliphatic heterocycles. The lowest BCUT2D eigenvalue weighted by Crippen LogP contribution is -2.14. The fraction of sp³-hybridized carbons (Fsp3) is 0.200. The van der Waals surface area contributed by atoms with Crippen LogP contribution in [0.25, 0.3) is 0 Å². The minimum Gasteiger partial charge on any atom is -0.322 e. The number of carbonyl (C=O) groups excluding carboxylic acids is 1. The first-order chi connectivity index (χ1) is 11.9. The molecule has 1 aromatic heterocycles. The van der Waals surface area contributed by atoms with Crippen molar-refractivity contribution in [1.82, 2.24) is 4.98 Å². The van der Waals surface area contributed by atoms with Gasteiger partial charge in [0, 0.05) is 27.2 Å². The number of hydrogen-bond donors (Lipinski definition) is 1. The molecule has 1 heterocycles. The van der Waals surface area contributed by atoms with E-state index < -0.39 is 0 Å². The molecule has 0 bridgehead atoms. The van der Waals surface area contributed by atoms with Gasteiger partial charge in [0.2, 0.25) is 0 Å². The molecule has 3 aromatic rings. The van der Waals surface area contributed by atoms with Gasteiger partial charge in [0.15, 0.2) is 4.34 Å². The first-order valence-electron chi connectivity index (χ1n) is 8.01. The van der Waals surface area contributed by atoms with Crippen molar-refractivity contribution >= 4 is 34.7 Å². The van der Waals surface area contributed by atoms with Crippen molar-refractivity contribution in [3.05, 3.63) is 69.7 Å². The lowest BCUT2D eigenvalue weighted by molar-refractivity contribution is 0.102. The lowest BCUT2D eigenvalue weighted by atomic mass is 10.0. The summed E-state index contributed by atoms with van der Waals surface area (Å²) in [6.45, 7) is 8.00. The van der Waals surface area contributed by atoms with E-state index in [1.807, 2.05) is 63.4 Å². The summed E-state index contributed by atoms with van der Waals surface area (Å²) < 4.78 is 1.03. The quantitative estimate of drug-likeness (QED) is 0.634. The summed E-state index contributed by atoms with van der Waals surface area (Å²) in [5.74, 6) is -0.0726. The predicted octanol–water partition coefficient (Wildman–Crippen LogP) is 5.78. The Morgan fingerprint density at radius 2 is 1.84 bits per heavy atom. The number of rotatable bonds is 4. The molecular formula is C20H20N2OS2. The van der Waals surface area contributed by atoms with Gasteiger partial charge in [0.25, 0.3) is 5.91 Å². The second-order valence-corrected chi connectivity index (χ2v) is 8.28. The van der Waals surface area contributed by atoms with Crippen LogP contribution in [0.5, 0.6) is 0 Å². The highest BCUT2D eigenvalue weighted by molar-refractivity contribution is 8.01. The van der Waals surface area contributed by atoms with Crippen molar-refractivity contribution in [1.29, 1.82) is 0 Å². The Hall–Kier alpha value is -2.11. The maximum atomic E-state index is 12.6. The van der Waals surface area contributed by atoms with Gasteiger partial charge in [0.1, 0.15) is 0 Å². The van der Waals surface area contributed by atoms with Crippen LogP contribution < -0.4 is 5.32 Å². The molecule has 1 amide bonds. The van der Waals surface area contributed by atoms with E-state index in [9.17, 15) is 4.79 Å². The fourth-order valence-electron chi connectivity index (χ4n) is 2.58. The molecule has 1 N–H and O–H groups in total. The van der Waals surface area contributed by atoms with Crippen molar-refractivity contribution in [3.63, 3.8) is 0 Å². The molecule has 3 rings (SSSR count). The molecule has 0 spiro atoms. The Bertz CT molecular complexity index is 931. The van der Waals surface area contributed by atoms with Crippen LogP contribution in [-0.2, 0) is 0 Å². The lowest BCUT2D eigenvalue weighted by Gasteiger charge is -2.11. The van der Waals surface area contributed by atoms with Crippen molar-refractivity contribution < 1.29 is 4.79 Å². The first-order valence-corrected chi connectivity index (χ1v) is 9.71. The van der Waals surface area contributed by atoms with Crippen molar-refractivity contribution in [2.24, 2.45) is 0 Å². The summed E-state index contributed by atoms with van der Waals surface area (Å²) in [6.07, 6.45) is 0. The van der Waals surface area contributed by atoms with E-state index in [4.69, 9.17) is 0 Å². The van der Waals surface area contributed by atoms with Crippen LogP contribution in [0.15, 0.2) is 51.0 Å². The third kappa shape index (κ3) is 4.30. The minimum atomic E-state index is -0.0726. The van der Waals surface area contributed by atoms with Gasteiger partial charge in [-0.3, -0.25) is 4.79 Å². The van der Waals surface area contributed by atoms with Gasteiger partial charge in [0.05, 0.1) is 0 Å². The zero-order valence-electron chi connectivity index (χ0n) is 14.7. The maximum Gasteiger partial charge on any atom is 0.255 e. The minimum absolute atomic E-state index is 0.0726. The Morgan fingerprint density at radius 1 is 1.04 bits per heavy atom. The van der Waals surface area contributed by atoms with Crippen LogP contribution in [0.2, 0.25) is 0 Å². The largest absolute Gasteiger partial charge is 0.322 e. The highest BCUT2D eigenvalue weighted by atomic mass is 32.2. The predicted molar refractivity (Wildman–Crippen MR) is 106 cm³/mol. The molecule has 0 saturated carbocycles. The molecule has 0 radical (unpaired) electrons. The number of nitrogens with one attached hydrogen (secondary N) is 1.